The number of aromatic nitrogens is 1. The highest BCUT2D eigenvalue weighted by Gasteiger charge is 2.29. The zero-order valence-electron chi connectivity index (χ0n) is 14.8. The zero-order chi connectivity index (χ0) is 19.5. The van der Waals surface area contributed by atoms with Crippen LogP contribution in [0.1, 0.15) is 37.2 Å². The molecule has 2 amide bonds. The van der Waals surface area contributed by atoms with Crippen LogP contribution in [0.25, 0.3) is 0 Å². The summed E-state index contributed by atoms with van der Waals surface area (Å²) in [6, 6.07) is 2.20. The number of esters is 1. The number of anilines is 1. The number of nitrogens with zero attached hydrogens (tertiary/aromatic N) is 2. The van der Waals surface area contributed by atoms with Gasteiger partial charge in [-0.1, -0.05) is 0 Å². The number of carbonyl (C=O) groups excluding carboxylic acids is 2. The second-order valence-corrected chi connectivity index (χ2v) is 6.43. The molecular weight excluding hydrogens is 348 g/mol. The van der Waals surface area contributed by atoms with Crippen molar-refractivity contribution in [2.24, 2.45) is 0 Å². The number of hydrogen-bond donors (Lipinski definition) is 1. The highest BCUT2D eigenvalue weighted by atomic mass is 19.1. The molecule has 0 fully saturated rings. The molecule has 1 aromatic carbocycles. The topological polar surface area (TPSA) is 84.7 Å². The lowest BCUT2D eigenvalue weighted by molar-refractivity contribution is 0.0594. The molecule has 0 aliphatic rings. The van der Waals surface area contributed by atoms with Crippen LogP contribution >= 0.6 is 0 Å². The number of amides is 2. The van der Waals surface area contributed by atoms with Crippen molar-refractivity contribution < 1.29 is 27.5 Å². The molecule has 0 spiro atoms. The van der Waals surface area contributed by atoms with Crippen LogP contribution in [-0.2, 0) is 11.3 Å². The summed E-state index contributed by atoms with van der Waals surface area (Å²) in [6.45, 7) is 5.21. The average Bonchev–Trinajstić information content (AvgIpc) is 3.02. The third kappa shape index (κ3) is 4.56. The first-order chi connectivity index (χ1) is 12.1. The molecule has 140 valence electrons. The van der Waals surface area contributed by atoms with Crippen molar-refractivity contribution in [2.45, 2.75) is 32.9 Å². The Bertz CT molecular complexity index is 815. The summed E-state index contributed by atoms with van der Waals surface area (Å²) in [7, 11) is 1.21. The van der Waals surface area contributed by atoms with E-state index in [0.29, 0.717) is 6.07 Å². The summed E-state index contributed by atoms with van der Waals surface area (Å²) in [5.74, 6) is -2.20. The van der Waals surface area contributed by atoms with Gasteiger partial charge in [0.2, 0.25) is 5.89 Å². The number of halogens is 2. The standard InChI is InChI=1S/C17H19F2N3O4/c1-17(2,3)22(8-14-20-13(9-26-14)15(23)25-4)16(24)21-12-6-5-10(18)7-11(12)19/h5-7,9H,8H2,1-4H3,(H,21,24). The van der Waals surface area contributed by atoms with Gasteiger partial charge < -0.3 is 19.4 Å². The van der Waals surface area contributed by atoms with Crippen LogP contribution in [-0.4, -0.2) is 34.5 Å². The SMILES string of the molecule is COC(=O)c1coc(CN(C(=O)Nc2ccc(F)cc2F)C(C)(C)C)n1. The fourth-order valence-corrected chi connectivity index (χ4v) is 2.10. The molecule has 0 saturated heterocycles. The van der Waals surface area contributed by atoms with Gasteiger partial charge in [-0.2, -0.15) is 0 Å². The minimum atomic E-state index is -0.892. The maximum Gasteiger partial charge on any atom is 0.360 e. The van der Waals surface area contributed by atoms with Crippen molar-refractivity contribution in [1.82, 2.24) is 9.88 Å². The van der Waals surface area contributed by atoms with E-state index >= 15 is 0 Å². The van der Waals surface area contributed by atoms with E-state index in [4.69, 9.17) is 4.42 Å². The number of hydrogen-bond acceptors (Lipinski definition) is 5. The minimum absolute atomic E-state index is 0.0265. The van der Waals surface area contributed by atoms with E-state index in [1.54, 1.807) is 20.8 Å². The lowest BCUT2D eigenvalue weighted by Gasteiger charge is -2.34. The molecule has 7 nitrogen and oxygen atoms in total. The Morgan fingerprint density at radius 2 is 2.00 bits per heavy atom. The van der Waals surface area contributed by atoms with Crippen molar-refractivity contribution in [2.75, 3.05) is 12.4 Å². The summed E-state index contributed by atoms with van der Waals surface area (Å²) in [5.41, 5.74) is -0.866. The molecular formula is C17H19F2N3O4. The van der Waals surface area contributed by atoms with Gasteiger partial charge in [0.25, 0.3) is 0 Å². The Labute approximate surface area is 148 Å². The molecule has 2 rings (SSSR count). The molecule has 0 unspecified atom stereocenters. The van der Waals surface area contributed by atoms with Gasteiger partial charge in [-0.25, -0.2) is 23.4 Å². The predicted octanol–water partition coefficient (Wildman–Crippen LogP) is 3.57. The fourth-order valence-electron chi connectivity index (χ4n) is 2.10. The van der Waals surface area contributed by atoms with E-state index in [2.05, 4.69) is 15.0 Å². The number of nitrogens with one attached hydrogen (secondary N) is 1. The van der Waals surface area contributed by atoms with Crippen LogP contribution in [0.5, 0.6) is 0 Å². The van der Waals surface area contributed by atoms with E-state index in [9.17, 15) is 18.4 Å². The molecule has 0 aliphatic carbocycles. The van der Waals surface area contributed by atoms with Crippen molar-refractivity contribution >= 4 is 17.7 Å². The third-order valence-corrected chi connectivity index (χ3v) is 3.47. The van der Waals surface area contributed by atoms with Crippen LogP contribution < -0.4 is 5.32 Å². The van der Waals surface area contributed by atoms with E-state index in [1.807, 2.05) is 0 Å². The molecule has 9 heteroatoms. The number of urea groups is 1. The molecule has 0 saturated carbocycles. The van der Waals surface area contributed by atoms with E-state index in [-0.39, 0.29) is 23.8 Å². The maximum absolute atomic E-state index is 13.8. The van der Waals surface area contributed by atoms with Crippen LogP contribution in [0.4, 0.5) is 19.3 Å². The monoisotopic (exact) mass is 367 g/mol. The van der Waals surface area contributed by atoms with E-state index < -0.39 is 29.2 Å². The molecule has 0 atom stereocenters. The van der Waals surface area contributed by atoms with Gasteiger partial charge >= 0.3 is 12.0 Å². The van der Waals surface area contributed by atoms with Crippen LogP contribution in [0, 0.1) is 11.6 Å². The number of ether oxygens (including phenoxy) is 1. The molecule has 1 heterocycles. The second kappa shape index (κ2) is 7.51. The Hall–Kier alpha value is -2.97. The summed E-state index contributed by atoms with van der Waals surface area (Å²) < 4.78 is 36.5. The molecule has 1 N–H and O–H groups in total. The summed E-state index contributed by atoms with van der Waals surface area (Å²) in [5, 5.41) is 2.39. The fraction of sp³-hybridized carbons (Fsp3) is 0.353. The lowest BCUT2D eigenvalue weighted by atomic mass is 10.1. The smallest absolute Gasteiger partial charge is 0.360 e. The normalized spacial score (nSPS) is 11.2. The first-order valence-corrected chi connectivity index (χ1v) is 7.68. The zero-order valence-corrected chi connectivity index (χ0v) is 14.8. The van der Waals surface area contributed by atoms with Crippen molar-refractivity contribution in [3.05, 3.63) is 47.7 Å². The molecule has 0 radical (unpaired) electrons. The van der Waals surface area contributed by atoms with Crippen LogP contribution in [0.15, 0.2) is 28.9 Å². The molecule has 26 heavy (non-hydrogen) atoms. The van der Waals surface area contributed by atoms with Crippen LogP contribution in [0.3, 0.4) is 0 Å². The molecule has 2 aromatic rings. The summed E-state index contributed by atoms with van der Waals surface area (Å²) >= 11 is 0. The maximum atomic E-state index is 13.8. The summed E-state index contributed by atoms with van der Waals surface area (Å²) in [4.78, 5) is 29.3. The number of methoxy groups -OCH3 is 1. The lowest BCUT2D eigenvalue weighted by Crippen LogP contribution is -2.47. The Morgan fingerprint density at radius 1 is 1.31 bits per heavy atom. The first kappa shape index (κ1) is 19.4. The Balaban J connectivity index is 2.20. The first-order valence-electron chi connectivity index (χ1n) is 7.68. The van der Waals surface area contributed by atoms with Gasteiger partial charge in [0.05, 0.1) is 19.3 Å². The molecule has 1 aromatic heterocycles. The highest BCUT2D eigenvalue weighted by Crippen LogP contribution is 2.21. The summed E-state index contributed by atoms with van der Waals surface area (Å²) in [6.07, 6.45) is 1.12. The van der Waals surface area contributed by atoms with Gasteiger partial charge in [0.15, 0.2) is 5.69 Å². The van der Waals surface area contributed by atoms with Gasteiger partial charge in [0, 0.05) is 11.6 Å². The highest BCUT2D eigenvalue weighted by molar-refractivity contribution is 5.90. The van der Waals surface area contributed by atoms with Crippen molar-refractivity contribution in [1.29, 1.82) is 0 Å². The van der Waals surface area contributed by atoms with Crippen molar-refractivity contribution in [3.63, 3.8) is 0 Å². The molecule has 0 aliphatic heterocycles. The van der Waals surface area contributed by atoms with Crippen molar-refractivity contribution in [3.8, 4) is 0 Å². The number of oxazole rings is 1. The Kier molecular flexibility index (Phi) is 5.59. The average molecular weight is 367 g/mol. The number of benzene rings is 1. The second-order valence-electron chi connectivity index (χ2n) is 6.43. The number of carbonyl (C=O) groups is 2. The molecule has 0 bridgehead atoms. The largest absolute Gasteiger partial charge is 0.464 e. The predicted molar refractivity (Wildman–Crippen MR) is 88.5 cm³/mol. The Morgan fingerprint density at radius 3 is 2.58 bits per heavy atom. The van der Waals surface area contributed by atoms with Gasteiger partial charge in [-0.05, 0) is 32.9 Å². The van der Waals surface area contributed by atoms with Gasteiger partial charge in [-0.3, -0.25) is 0 Å². The third-order valence-electron chi connectivity index (χ3n) is 3.47. The minimum Gasteiger partial charge on any atom is -0.464 e. The van der Waals surface area contributed by atoms with Gasteiger partial charge in [-0.15, -0.1) is 0 Å². The number of rotatable bonds is 4. The van der Waals surface area contributed by atoms with E-state index in [0.717, 1.165) is 18.4 Å². The van der Waals surface area contributed by atoms with E-state index in [1.165, 1.54) is 12.0 Å². The quantitative estimate of drug-likeness (QED) is 0.835. The van der Waals surface area contributed by atoms with Crippen LogP contribution in [0.2, 0.25) is 0 Å². The van der Waals surface area contributed by atoms with Gasteiger partial charge in [0.1, 0.15) is 17.9 Å².